The van der Waals surface area contributed by atoms with E-state index in [1.807, 2.05) is 37.3 Å². The van der Waals surface area contributed by atoms with Gasteiger partial charge in [0.15, 0.2) is 0 Å². The lowest BCUT2D eigenvalue weighted by molar-refractivity contribution is -0.155. The maximum Gasteiger partial charge on any atom is 0.311 e. The van der Waals surface area contributed by atoms with Crippen LogP contribution in [0.5, 0.6) is 5.75 Å². The molecule has 3 fully saturated rings. The molecule has 2 unspecified atom stereocenters. The highest BCUT2D eigenvalue weighted by Crippen LogP contribution is 2.71. The van der Waals surface area contributed by atoms with E-state index >= 15 is 0 Å². The zero-order valence-corrected chi connectivity index (χ0v) is 22.7. The summed E-state index contributed by atoms with van der Waals surface area (Å²) in [4.78, 5) is 43.1. The van der Waals surface area contributed by atoms with Crippen molar-refractivity contribution in [3.63, 3.8) is 0 Å². The largest absolute Gasteiger partial charge is 0.497 e. The Morgan fingerprint density at radius 2 is 1.87 bits per heavy atom. The second-order valence-corrected chi connectivity index (χ2v) is 12.4. The average Bonchev–Trinajstić information content (AvgIpc) is 3.49. The van der Waals surface area contributed by atoms with E-state index in [9.17, 15) is 19.5 Å². The predicted octanol–water partition coefficient (Wildman–Crippen LogP) is 3.28. The van der Waals surface area contributed by atoms with Gasteiger partial charge in [-0.05, 0) is 62.9 Å². The molecule has 3 saturated heterocycles. The number of nitrogens with one attached hydrogen (secondary N) is 1. The monoisotopic (exact) mass is 538 g/mol. The van der Waals surface area contributed by atoms with Gasteiger partial charge in [-0.2, -0.15) is 0 Å². The smallest absolute Gasteiger partial charge is 0.311 e. The molecule has 0 radical (unpaired) electrons. The van der Waals surface area contributed by atoms with Crippen molar-refractivity contribution >= 4 is 35.2 Å². The van der Waals surface area contributed by atoms with Gasteiger partial charge in [0.1, 0.15) is 11.8 Å². The first-order chi connectivity index (χ1) is 18.3. The minimum absolute atomic E-state index is 0.225. The number of aliphatic hydroxyl groups is 1. The number of esters is 1. The zero-order valence-electron chi connectivity index (χ0n) is 21.9. The summed E-state index contributed by atoms with van der Waals surface area (Å²) in [5.74, 6) is -1.64. The number of fused-ring (bicyclic) bond motifs is 1. The maximum absolute atomic E-state index is 14.3. The molecule has 38 heavy (non-hydrogen) atoms. The number of thioether (sulfide) groups is 1. The Hall–Kier alpha value is -3.04. The molecule has 6 atom stereocenters. The van der Waals surface area contributed by atoms with Gasteiger partial charge in [0.25, 0.3) is 0 Å². The molecule has 8 nitrogen and oxygen atoms in total. The van der Waals surface area contributed by atoms with Crippen LogP contribution in [0.15, 0.2) is 54.6 Å². The molecule has 0 aromatic heterocycles. The molecule has 0 aliphatic carbocycles. The van der Waals surface area contributed by atoms with Gasteiger partial charge in [-0.25, -0.2) is 0 Å². The van der Waals surface area contributed by atoms with Crippen LogP contribution in [-0.4, -0.2) is 69.7 Å². The number of amides is 2. The normalized spacial score (nSPS) is 30.2. The van der Waals surface area contributed by atoms with Gasteiger partial charge in [-0.15, -0.1) is 11.8 Å². The molecule has 9 heteroatoms. The van der Waals surface area contributed by atoms with E-state index in [2.05, 4.69) is 5.32 Å². The number of carbonyl (C=O) groups is 3. The predicted molar refractivity (Wildman–Crippen MR) is 145 cm³/mol. The molecule has 1 spiro atoms. The molecule has 0 saturated carbocycles. The number of aliphatic hydroxyl groups excluding tert-OH is 1. The summed E-state index contributed by atoms with van der Waals surface area (Å²) in [7, 11) is 1.57. The van der Waals surface area contributed by atoms with Gasteiger partial charge in [0.2, 0.25) is 11.8 Å². The van der Waals surface area contributed by atoms with Crippen LogP contribution in [-0.2, 0) is 25.5 Å². The standard InChI is InChI=1S/C29H34N2O6S/c1-4-37-27(35)23-22-26(34)31(20(17-32)16-18-8-6-5-7-9-18)24(29(22)15-14-28(23,2)38-29)25(33)30-19-10-12-21(36-3)13-11-19/h5-13,20,22-24,32H,4,14-17H2,1-3H3,(H,30,33)/t20-,22+,23+,24?,28-,29?/m1/s1. The number of hydrogen-bond donors (Lipinski definition) is 2. The molecule has 202 valence electrons. The van der Waals surface area contributed by atoms with Crippen LogP contribution in [0, 0.1) is 11.8 Å². The SMILES string of the molecule is CCOC(=O)[C@@H]1[C@H]2C(=O)N([C@@H](CO)Cc3ccccc3)C(C(=O)Nc3ccc(OC)cc3)C23CC[C@@]1(C)S3. The lowest BCUT2D eigenvalue weighted by Gasteiger charge is -2.37. The van der Waals surface area contributed by atoms with Crippen LogP contribution < -0.4 is 10.1 Å². The first-order valence-corrected chi connectivity index (χ1v) is 13.9. The summed E-state index contributed by atoms with van der Waals surface area (Å²) in [6, 6.07) is 15.2. The molecular formula is C29H34N2O6S. The number of methoxy groups -OCH3 is 1. The highest BCUT2D eigenvalue weighted by molar-refractivity contribution is 8.02. The van der Waals surface area contributed by atoms with Crippen molar-refractivity contribution in [1.82, 2.24) is 4.90 Å². The van der Waals surface area contributed by atoms with E-state index in [4.69, 9.17) is 9.47 Å². The van der Waals surface area contributed by atoms with Crippen molar-refractivity contribution in [2.45, 2.75) is 54.7 Å². The van der Waals surface area contributed by atoms with E-state index in [0.717, 1.165) is 5.56 Å². The third-order valence-corrected chi connectivity index (χ3v) is 10.3. The van der Waals surface area contributed by atoms with Crippen LogP contribution in [0.3, 0.4) is 0 Å². The van der Waals surface area contributed by atoms with Gasteiger partial charge in [0.05, 0.1) is 42.9 Å². The lowest BCUT2D eigenvalue weighted by atomic mass is 9.66. The summed E-state index contributed by atoms with van der Waals surface area (Å²) in [6.45, 7) is 3.69. The van der Waals surface area contributed by atoms with Crippen molar-refractivity contribution in [1.29, 1.82) is 0 Å². The first-order valence-electron chi connectivity index (χ1n) is 13.1. The molecule has 2 bridgehead atoms. The quantitative estimate of drug-likeness (QED) is 0.472. The molecular weight excluding hydrogens is 504 g/mol. The van der Waals surface area contributed by atoms with Crippen molar-refractivity contribution in [3.05, 3.63) is 60.2 Å². The number of nitrogens with zero attached hydrogens (tertiary/aromatic N) is 1. The van der Waals surface area contributed by atoms with E-state index in [-0.39, 0.29) is 31.0 Å². The second-order valence-electron chi connectivity index (χ2n) is 10.5. The maximum atomic E-state index is 14.3. The number of hydrogen-bond acceptors (Lipinski definition) is 7. The number of benzene rings is 2. The van der Waals surface area contributed by atoms with E-state index in [1.165, 1.54) is 0 Å². The Kier molecular flexibility index (Phi) is 7.17. The number of carbonyl (C=O) groups excluding carboxylic acids is 3. The Morgan fingerprint density at radius 1 is 1.16 bits per heavy atom. The minimum Gasteiger partial charge on any atom is -0.497 e. The van der Waals surface area contributed by atoms with Gasteiger partial charge in [0, 0.05) is 10.4 Å². The molecule has 2 aromatic rings. The van der Waals surface area contributed by atoms with E-state index in [1.54, 1.807) is 55.0 Å². The summed E-state index contributed by atoms with van der Waals surface area (Å²) < 4.78 is 9.39. The molecule has 2 aromatic carbocycles. The highest BCUT2D eigenvalue weighted by Gasteiger charge is 2.78. The molecule has 3 heterocycles. The topological polar surface area (TPSA) is 105 Å². The van der Waals surface area contributed by atoms with Crippen LogP contribution in [0.25, 0.3) is 0 Å². The van der Waals surface area contributed by atoms with E-state index in [0.29, 0.717) is 30.7 Å². The molecule has 3 aliphatic rings. The summed E-state index contributed by atoms with van der Waals surface area (Å²) in [6.07, 6.45) is 1.72. The van der Waals surface area contributed by atoms with Gasteiger partial charge in [-0.1, -0.05) is 30.3 Å². The fourth-order valence-electron chi connectivity index (χ4n) is 6.67. The first kappa shape index (κ1) is 26.6. The number of ether oxygens (including phenoxy) is 2. The van der Waals surface area contributed by atoms with Crippen LogP contribution in [0.2, 0.25) is 0 Å². The summed E-state index contributed by atoms with van der Waals surface area (Å²) in [5, 5.41) is 13.5. The van der Waals surface area contributed by atoms with E-state index < -0.39 is 33.4 Å². The van der Waals surface area contributed by atoms with Crippen molar-refractivity contribution < 1.29 is 29.0 Å². The Labute approximate surface area is 227 Å². The van der Waals surface area contributed by atoms with Crippen molar-refractivity contribution in [2.24, 2.45) is 11.8 Å². The molecule has 3 aliphatic heterocycles. The lowest BCUT2D eigenvalue weighted by Crippen LogP contribution is -2.55. The third-order valence-electron chi connectivity index (χ3n) is 8.28. The molecule has 2 amide bonds. The fourth-order valence-corrected chi connectivity index (χ4v) is 9.00. The molecule has 2 N–H and O–H groups in total. The Morgan fingerprint density at radius 3 is 2.50 bits per heavy atom. The summed E-state index contributed by atoms with van der Waals surface area (Å²) in [5.41, 5.74) is 1.53. The van der Waals surface area contributed by atoms with Crippen LogP contribution in [0.1, 0.15) is 32.3 Å². The highest BCUT2D eigenvalue weighted by atomic mass is 32.2. The van der Waals surface area contributed by atoms with Crippen molar-refractivity contribution in [2.75, 3.05) is 25.6 Å². The van der Waals surface area contributed by atoms with Crippen molar-refractivity contribution in [3.8, 4) is 5.75 Å². The fraction of sp³-hybridized carbons (Fsp3) is 0.483. The number of likely N-dealkylation sites (tertiary alicyclic amines) is 1. The summed E-state index contributed by atoms with van der Waals surface area (Å²) >= 11 is 1.58. The van der Waals surface area contributed by atoms with Crippen LogP contribution >= 0.6 is 11.8 Å². The number of anilines is 1. The third kappa shape index (κ3) is 4.25. The molecule has 5 rings (SSSR count). The number of rotatable bonds is 9. The van der Waals surface area contributed by atoms with Gasteiger partial charge < -0.3 is 24.8 Å². The van der Waals surface area contributed by atoms with Gasteiger partial charge in [-0.3, -0.25) is 14.4 Å². The second kappa shape index (κ2) is 10.3. The Bertz CT molecular complexity index is 1210. The minimum atomic E-state index is -0.853. The average molecular weight is 539 g/mol. The Balaban J connectivity index is 1.55. The van der Waals surface area contributed by atoms with Gasteiger partial charge >= 0.3 is 5.97 Å². The van der Waals surface area contributed by atoms with Crippen LogP contribution in [0.4, 0.5) is 5.69 Å². The zero-order chi connectivity index (χ0) is 27.1.